The second-order valence-corrected chi connectivity index (χ2v) is 8.22. The lowest BCUT2D eigenvalue weighted by Crippen LogP contribution is -2.53. The summed E-state index contributed by atoms with van der Waals surface area (Å²) in [6, 6.07) is 10.4. The van der Waals surface area contributed by atoms with Crippen LogP contribution in [0.3, 0.4) is 0 Å². The van der Waals surface area contributed by atoms with Gasteiger partial charge in [-0.25, -0.2) is 9.97 Å². The van der Waals surface area contributed by atoms with Crippen molar-refractivity contribution in [2.45, 2.75) is 25.8 Å². The Morgan fingerprint density at radius 3 is 2.44 bits per heavy atom. The molecule has 3 heterocycles. The number of likely N-dealkylation sites (tertiary alicyclic amines) is 1. The van der Waals surface area contributed by atoms with Crippen LogP contribution in [0.15, 0.2) is 47.7 Å². The summed E-state index contributed by atoms with van der Waals surface area (Å²) < 4.78 is 5.69. The van der Waals surface area contributed by atoms with Crippen molar-refractivity contribution in [1.29, 1.82) is 0 Å². The highest BCUT2D eigenvalue weighted by Gasteiger charge is 2.27. The second kappa shape index (κ2) is 11.1. The van der Waals surface area contributed by atoms with Crippen molar-refractivity contribution in [2.75, 3.05) is 64.4 Å². The van der Waals surface area contributed by atoms with Gasteiger partial charge in [-0.2, -0.15) is 0 Å². The largest absolute Gasteiger partial charge is 0.496 e. The maximum atomic E-state index is 5.69. The first kappa shape index (κ1) is 22.3. The van der Waals surface area contributed by atoms with Crippen LogP contribution >= 0.6 is 0 Å². The van der Waals surface area contributed by atoms with Gasteiger partial charge < -0.3 is 19.9 Å². The molecule has 0 radical (unpaired) electrons. The molecule has 1 aromatic carbocycles. The monoisotopic (exact) mass is 437 g/mol. The minimum Gasteiger partial charge on any atom is -0.496 e. The maximum Gasteiger partial charge on any atom is 0.225 e. The number of rotatable bonds is 7. The number of benzene rings is 1. The van der Waals surface area contributed by atoms with Gasteiger partial charge in [0.15, 0.2) is 5.96 Å². The molecule has 172 valence electrons. The summed E-state index contributed by atoms with van der Waals surface area (Å²) in [5.41, 5.74) is 1.22. The molecule has 2 aliphatic heterocycles. The molecule has 0 amide bonds. The molecule has 1 N–H and O–H groups in total. The summed E-state index contributed by atoms with van der Waals surface area (Å²) >= 11 is 0. The Morgan fingerprint density at radius 1 is 1.03 bits per heavy atom. The number of piperazine rings is 1. The molecule has 2 aliphatic rings. The molecule has 2 fully saturated rings. The number of nitrogens with one attached hydrogen (secondary N) is 1. The lowest BCUT2D eigenvalue weighted by Gasteiger charge is -2.37. The van der Waals surface area contributed by atoms with E-state index in [1.54, 1.807) is 19.5 Å². The molecule has 32 heavy (non-hydrogen) atoms. The first-order chi connectivity index (χ1) is 15.8. The van der Waals surface area contributed by atoms with E-state index in [4.69, 9.17) is 9.73 Å². The topological polar surface area (TPSA) is 69.1 Å². The van der Waals surface area contributed by atoms with Gasteiger partial charge >= 0.3 is 0 Å². The lowest BCUT2D eigenvalue weighted by atomic mass is 10.0. The molecule has 8 heteroatoms. The van der Waals surface area contributed by atoms with Gasteiger partial charge in [-0.15, -0.1) is 0 Å². The smallest absolute Gasteiger partial charge is 0.225 e. The molecule has 8 nitrogen and oxygen atoms in total. The van der Waals surface area contributed by atoms with Crippen molar-refractivity contribution in [3.05, 3.63) is 48.3 Å². The second-order valence-electron chi connectivity index (χ2n) is 8.22. The maximum absolute atomic E-state index is 5.69. The third-order valence-corrected chi connectivity index (χ3v) is 6.24. The quantitative estimate of drug-likeness (QED) is 0.527. The van der Waals surface area contributed by atoms with E-state index in [1.165, 1.54) is 18.4 Å². The number of aromatic nitrogens is 2. The average molecular weight is 438 g/mol. The first-order valence-electron chi connectivity index (χ1n) is 11.7. The normalized spacial score (nSPS) is 18.6. The summed E-state index contributed by atoms with van der Waals surface area (Å²) in [7, 11) is 1.75. The Morgan fingerprint density at radius 2 is 1.75 bits per heavy atom. The number of anilines is 1. The highest BCUT2D eigenvalue weighted by atomic mass is 16.5. The van der Waals surface area contributed by atoms with E-state index in [0.717, 1.165) is 63.5 Å². The Balaban J connectivity index is 1.48. The van der Waals surface area contributed by atoms with E-state index < -0.39 is 0 Å². The third kappa shape index (κ3) is 5.30. The van der Waals surface area contributed by atoms with Gasteiger partial charge in [0.25, 0.3) is 0 Å². The first-order valence-corrected chi connectivity index (χ1v) is 11.7. The van der Waals surface area contributed by atoms with Crippen LogP contribution in [0.1, 0.15) is 31.4 Å². The van der Waals surface area contributed by atoms with Crippen LogP contribution in [0.2, 0.25) is 0 Å². The summed E-state index contributed by atoms with van der Waals surface area (Å²) in [5.74, 6) is 2.74. The predicted octanol–water partition coefficient (Wildman–Crippen LogP) is 2.41. The average Bonchev–Trinajstić information content (AvgIpc) is 3.39. The fraction of sp³-hybridized carbons (Fsp3) is 0.542. The zero-order chi connectivity index (χ0) is 22.2. The molecule has 2 saturated heterocycles. The van der Waals surface area contributed by atoms with Crippen LogP contribution in [-0.4, -0.2) is 85.2 Å². The van der Waals surface area contributed by atoms with Gasteiger partial charge in [0.2, 0.25) is 5.95 Å². The van der Waals surface area contributed by atoms with Crippen LogP contribution in [0.5, 0.6) is 5.75 Å². The summed E-state index contributed by atoms with van der Waals surface area (Å²) in [6.45, 7) is 9.48. The summed E-state index contributed by atoms with van der Waals surface area (Å²) in [4.78, 5) is 21.0. The van der Waals surface area contributed by atoms with Crippen molar-refractivity contribution in [3.63, 3.8) is 0 Å². The van der Waals surface area contributed by atoms with E-state index >= 15 is 0 Å². The molecule has 4 rings (SSSR count). The zero-order valence-corrected chi connectivity index (χ0v) is 19.3. The Kier molecular flexibility index (Phi) is 7.77. The number of aliphatic imine (C=N–C) groups is 1. The fourth-order valence-electron chi connectivity index (χ4n) is 4.58. The number of methoxy groups -OCH3 is 1. The number of ether oxygens (including phenoxy) is 1. The Bertz CT molecular complexity index is 862. The molecule has 1 unspecified atom stereocenters. The van der Waals surface area contributed by atoms with E-state index in [2.05, 4.69) is 55.1 Å². The molecule has 1 atom stereocenters. The van der Waals surface area contributed by atoms with Crippen molar-refractivity contribution >= 4 is 11.9 Å². The van der Waals surface area contributed by atoms with Crippen molar-refractivity contribution < 1.29 is 4.74 Å². The van der Waals surface area contributed by atoms with Crippen molar-refractivity contribution in [2.24, 2.45) is 4.99 Å². The van der Waals surface area contributed by atoms with Crippen LogP contribution in [0.4, 0.5) is 5.95 Å². The fourth-order valence-corrected chi connectivity index (χ4v) is 4.58. The van der Waals surface area contributed by atoms with E-state index in [1.807, 2.05) is 12.1 Å². The van der Waals surface area contributed by atoms with E-state index in [0.29, 0.717) is 6.54 Å². The summed E-state index contributed by atoms with van der Waals surface area (Å²) in [6.07, 6.45) is 6.10. The molecular weight excluding hydrogens is 402 g/mol. The number of nitrogens with zero attached hydrogens (tertiary/aromatic N) is 6. The Hall–Kier alpha value is -2.87. The zero-order valence-electron chi connectivity index (χ0n) is 19.3. The van der Waals surface area contributed by atoms with E-state index in [9.17, 15) is 0 Å². The number of guanidine groups is 1. The van der Waals surface area contributed by atoms with Gasteiger partial charge in [0.1, 0.15) is 5.75 Å². The number of hydrogen-bond donors (Lipinski definition) is 1. The van der Waals surface area contributed by atoms with Gasteiger partial charge in [0, 0.05) is 50.7 Å². The van der Waals surface area contributed by atoms with Gasteiger partial charge in [0.05, 0.1) is 19.7 Å². The molecule has 0 aliphatic carbocycles. The minimum atomic E-state index is 0.223. The predicted molar refractivity (Wildman–Crippen MR) is 128 cm³/mol. The van der Waals surface area contributed by atoms with Crippen LogP contribution < -0.4 is 15.0 Å². The number of para-hydroxylation sites is 1. The minimum absolute atomic E-state index is 0.223. The van der Waals surface area contributed by atoms with E-state index in [-0.39, 0.29) is 6.04 Å². The number of hydrogen-bond acceptors (Lipinski definition) is 6. The lowest BCUT2D eigenvalue weighted by molar-refractivity contribution is 0.244. The molecular formula is C24H35N7O. The van der Waals surface area contributed by atoms with Crippen LogP contribution in [0, 0.1) is 0 Å². The summed E-state index contributed by atoms with van der Waals surface area (Å²) in [5, 5.41) is 3.51. The standard InChI is InChI=1S/C24H35N7O/c1-3-25-23(30-15-17-31(18-16-30)24-26-11-8-12-27-24)28-19-21(29-13-6-7-14-29)20-9-4-5-10-22(20)32-2/h4-5,8-12,21H,3,6-7,13-19H2,1-2H3,(H,25,28). The SMILES string of the molecule is CCNC(=NCC(c1ccccc1OC)N1CCCC1)N1CCN(c2ncccn2)CC1. The molecule has 0 bridgehead atoms. The van der Waals surface area contributed by atoms with Crippen LogP contribution in [-0.2, 0) is 0 Å². The van der Waals surface area contributed by atoms with Crippen molar-refractivity contribution in [3.8, 4) is 5.75 Å². The van der Waals surface area contributed by atoms with Gasteiger partial charge in [-0.05, 0) is 45.0 Å². The molecule has 0 saturated carbocycles. The van der Waals surface area contributed by atoms with Crippen LogP contribution in [0.25, 0.3) is 0 Å². The highest BCUT2D eigenvalue weighted by molar-refractivity contribution is 5.80. The molecule has 2 aromatic rings. The molecule has 1 aromatic heterocycles. The van der Waals surface area contributed by atoms with Crippen molar-refractivity contribution in [1.82, 2.24) is 25.1 Å². The third-order valence-electron chi connectivity index (χ3n) is 6.24. The van der Waals surface area contributed by atoms with Gasteiger partial charge in [-0.1, -0.05) is 18.2 Å². The molecule has 0 spiro atoms. The highest BCUT2D eigenvalue weighted by Crippen LogP contribution is 2.32. The Labute approximate surface area is 191 Å². The van der Waals surface area contributed by atoms with Gasteiger partial charge in [-0.3, -0.25) is 9.89 Å².